The Bertz CT molecular complexity index is 1090. The highest BCUT2D eigenvalue weighted by molar-refractivity contribution is 7.99. The van der Waals surface area contributed by atoms with Crippen molar-refractivity contribution in [2.24, 2.45) is 0 Å². The molecule has 2 aromatic heterocycles. The van der Waals surface area contributed by atoms with E-state index >= 15 is 0 Å². The lowest BCUT2D eigenvalue weighted by molar-refractivity contribution is -0.113. The summed E-state index contributed by atoms with van der Waals surface area (Å²) in [7, 11) is 3.03. The third-order valence-corrected chi connectivity index (χ3v) is 7.04. The van der Waals surface area contributed by atoms with Crippen LogP contribution in [0.15, 0.2) is 22.7 Å². The molecule has 0 atom stereocenters. The number of amides is 1. The summed E-state index contributed by atoms with van der Waals surface area (Å²) in [5.41, 5.74) is 2.78. The number of nitrogens with zero attached hydrogens (tertiary/aromatic N) is 3. The number of nitrogens with one attached hydrogen (secondary N) is 1. The highest BCUT2D eigenvalue weighted by Gasteiger charge is 2.21. The Kier molecular flexibility index (Phi) is 7.51. The minimum absolute atomic E-state index is 0.149. The highest BCUT2D eigenvalue weighted by atomic mass is 35.5. The standard InChI is InChI=1S/C21H25ClN4O3S2/c1-11(2)26-20(14-9-30-13(4)12(14)3)24-25-21(26)31-10-19(27)23-16-8-17(28-5)15(22)7-18(16)29-6/h7-9,11H,10H2,1-6H3,(H,23,27). The van der Waals surface area contributed by atoms with Crippen molar-refractivity contribution in [2.45, 2.75) is 38.9 Å². The molecule has 3 aromatic rings. The van der Waals surface area contributed by atoms with E-state index in [1.807, 2.05) is 0 Å². The van der Waals surface area contributed by atoms with Crippen LogP contribution in [0.5, 0.6) is 11.5 Å². The van der Waals surface area contributed by atoms with Gasteiger partial charge < -0.3 is 14.8 Å². The van der Waals surface area contributed by atoms with E-state index in [0.29, 0.717) is 27.4 Å². The number of rotatable bonds is 8. The number of ether oxygens (including phenoxy) is 2. The molecule has 2 heterocycles. The van der Waals surface area contributed by atoms with Crippen LogP contribution < -0.4 is 14.8 Å². The lowest BCUT2D eigenvalue weighted by Crippen LogP contribution is -2.15. The number of hydrogen-bond donors (Lipinski definition) is 1. The van der Waals surface area contributed by atoms with Gasteiger partial charge >= 0.3 is 0 Å². The first-order chi connectivity index (χ1) is 14.8. The van der Waals surface area contributed by atoms with E-state index in [0.717, 1.165) is 11.4 Å². The normalized spacial score (nSPS) is 11.1. The van der Waals surface area contributed by atoms with Crippen molar-refractivity contribution in [2.75, 3.05) is 25.3 Å². The summed E-state index contributed by atoms with van der Waals surface area (Å²) in [6.45, 7) is 8.35. The topological polar surface area (TPSA) is 78.3 Å². The molecule has 0 aliphatic rings. The molecule has 3 rings (SSSR count). The number of benzene rings is 1. The zero-order valence-corrected chi connectivity index (χ0v) is 20.7. The van der Waals surface area contributed by atoms with Crippen molar-refractivity contribution in [3.8, 4) is 22.9 Å². The van der Waals surface area contributed by atoms with Crippen LogP contribution in [0.2, 0.25) is 5.02 Å². The molecule has 0 aliphatic carbocycles. The molecule has 0 unspecified atom stereocenters. The smallest absolute Gasteiger partial charge is 0.234 e. The van der Waals surface area contributed by atoms with Crippen LogP contribution in [0.25, 0.3) is 11.4 Å². The van der Waals surface area contributed by atoms with E-state index < -0.39 is 0 Å². The fourth-order valence-electron chi connectivity index (χ4n) is 3.03. The fraction of sp³-hybridized carbons (Fsp3) is 0.381. The molecule has 166 valence electrons. The predicted octanol–water partition coefficient (Wildman–Crippen LogP) is 5.61. The maximum absolute atomic E-state index is 12.6. The number of hydrogen-bond acceptors (Lipinski definition) is 7. The number of thiophene rings is 1. The summed E-state index contributed by atoms with van der Waals surface area (Å²) in [6, 6.07) is 3.40. The molecule has 1 aromatic carbocycles. The van der Waals surface area contributed by atoms with Crippen LogP contribution in [0.3, 0.4) is 0 Å². The van der Waals surface area contributed by atoms with Crippen LogP contribution in [0, 0.1) is 13.8 Å². The highest BCUT2D eigenvalue weighted by Crippen LogP contribution is 2.36. The van der Waals surface area contributed by atoms with Crippen LogP contribution in [-0.2, 0) is 4.79 Å². The Morgan fingerprint density at radius 1 is 1.23 bits per heavy atom. The first kappa shape index (κ1) is 23.4. The van der Waals surface area contributed by atoms with Crippen LogP contribution in [0.1, 0.15) is 30.3 Å². The molecule has 0 fully saturated rings. The van der Waals surface area contributed by atoms with Crippen molar-refractivity contribution in [3.05, 3.63) is 33.0 Å². The molecular formula is C21H25ClN4O3S2. The van der Waals surface area contributed by atoms with Crippen LogP contribution in [-0.4, -0.2) is 40.6 Å². The summed E-state index contributed by atoms with van der Waals surface area (Å²) in [5.74, 6) is 1.70. The average Bonchev–Trinajstić information content (AvgIpc) is 3.30. The molecule has 0 bridgehead atoms. The van der Waals surface area contributed by atoms with Gasteiger partial charge in [0.15, 0.2) is 11.0 Å². The number of carbonyl (C=O) groups is 1. The second-order valence-electron chi connectivity index (χ2n) is 7.12. The maximum atomic E-state index is 12.6. The van der Waals surface area contributed by atoms with Crippen molar-refractivity contribution >= 4 is 46.3 Å². The first-order valence-electron chi connectivity index (χ1n) is 9.60. The third kappa shape index (κ3) is 4.99. The molecule has 0 radical (unpaired) electrons. The summed E-state index contributed by atoms with van der Waals surface area (Å²) in [6.07, 6.45) is 0. The Labute approximate surface area is 195 Å². The van der Waals surface area contributed by atoms with Crippen molar-refractivity contribution in [1.29, 1.82) is 0 Å². The Balaban J connectivity index is 1.78. The van der Waals surface area contributed by atoms with Gasteiger partial charge in [0.25, 0.3) is 0 Å². The van der Waals surface area contributed by atoms with Gasteiger partial charge in [0.2, 0.25) is 5.91 Å². The maximum Gasteiger partial charge on any atom is 0.234 e. The number of anilines is 1. The Hall–Kier alpha value is -2.23. The summed E-state index contributed by atoms with van der Waals surface area (Å²) in [4.78, 5) is 13.9. The van der Waals surface area contributed by atoms with E-state index in [1.54, 1.807) is 23.5 Å². The van der Waals surface area contributed by atoms with Gasteiger partial charge in [0, 0.05) is 34.0 Å². The molecule has 7 nitrogen and oxygen atoms in total. The lowest BCUT2D eigenvalue weighted by atomic mass is 10.1. The quantitative estimate of drug-likeness (QED) is 0.422. The molecule has 0 spiro atoms. The van der Waals surface area contributed by atoms with E-state index in [9.17, 15) is 4.79 Å². The fourth-order valence-corrected chi connectivity index (χ4v) is 4.99. The summed E-state index contributed by atoms with van der Waals surface area (Å²) in [5, 5.41) is 14.8. The molecule has 0 aliphatic heterocycles. The monoisotopic (exact) mass is 480 g/mol. The van der Waals surface area contributed by atoms with Gasteiger partial charge in [0.05, 0.1) is 30.7 Å². The molecule has 1 amide bonds. The average molecular weight is 481 g/mol. The lowest BCUT2D eigenvalue weighted by Gasteiger charge is -2.15. The van der Waals surface area contributed by atoms with Crippen LogP contribution >= 0.6 is 34.7 Å². The number of halogens is 1. The number of aromatic nitrogens is 3. The van der Waals surface area contributed by atoms with Gasteiger partial charge in [-0.25, -0.2) is 0 Å². The number of methoxy groups -OCH3 is 2. The van der Waals surface area contributed by atoms with E-state index in [1.165, 1.54) is 36.4 Å². The Morgan fingerprint density at radius 2 is 1.94 bits per heavy atom. The second-order valence-corrected chi connectivity index (χ2v) is 9.56. The van der Waals surface area contributed by atoms with Crippen LogP contribution in [0.4, 0.5) is 5.69 Å². The molecule has 10 heteroatoms. The Morgan fingerprint density at radius 3 is 2.52 bits per heavy atom. The van der Waals surface area contributed by atoms with Crippen molar-refractivity contribution in [3.63, 3.8) is 0 Å². The minimum atomic E-state index is -0.199. The zero-order valence-electron chi connectivity index (χ0n) is 18.3. The van der Waals surface area contributed by atoms with Gasteiger partial charge in [-0.1, -0.05) is 23.4 Å². The number of thioether (sulfide) groups is 1. The number of aryl methyl sites for hydroxylation is 1. The van der Waals surface area contributed by atoms with Crippen molar-refractivity contribution in [1.82, 2.24) is 14.8 Å². The summed E-state index contributed by atoms with van der Waals surface area (Å²) >= 11 is 9.17. The second kappa shape index (κ2) is 9.93. The third-order valence-electron chi connectivity index (χ3n) is 4.79. The largest absolute Gasteiger partial charge is 0.495 e. The molecule has 1 N–H and O–H groups in total. The zero-order chi connectivity index (χ0) is 22.7. The van der Waals surface area contributed by atoms with Gasteiger partial charge in [-0.3, -0.25) is 9.36 Å². The first-order valence-corrected chi connectivity index (χ1v) is 11.8. The van der Waals surface area contributed by atoms with Gasteiger partial charge in [0.1, 0.15) is 11.5 Å². The molecule has 0 saturated heterocycles. The van der Waals surface area contributed by atoms with Gasteiger partial charge in [-0.2, -0.15) is 0 Å². The molecule has 31 heavy (non-hydrogen) atoms. The van der Waals surface area contributed by atoms with Gasteiger partial charge in [-0.05, 0) is 33.3 Å². The molecular weight excluding hydrogens is 456 g/mol. The summed E-state index contributed by atoms with van der Waals surface area (Å²) < 4.78 is 12.6. The van der Waals surface area contributed by atoms with E-state index in [-0.39, 0.29) is 17.7 Å². The number of carbonyl (C=O) groups excluding carboxylic acids is 1. The van der Waals surface area contributed by atoms with E-state index in [4.69, 9.17) is 21.1 Å². The molecule has 0 saturated carbocycles. The SMILES string of the molecule is COc1cc(NC(=O)CSc2nnc(-c3csc(C)c3C)n2C(C)C)c(OC)cc1Cl. The van der Waals surface area contributed by atoms with E-state index in [2.05, 4.69) is 53.2 Å². The van der Waals surface area contributed by atoms with Crippen molar-refractivity contribution < 1.29 is 14.3 Å². The predicted molar refractivity (Wildman–Crippen MR) is 127 cm³/mol. The minimum Gasteiger partial charge on any atom is -0.495 e. The van der Waals surface area contributed by atoms with Gasteiger partial charge in [-0.15, -0.1) is 21.5 Å².